The third-order valence-corrected chi connectivity index (χ3v) is 3.56. The molecule has 0 saturated heterocycles. The highest BCUT2D eigenvalue weighted by Gasteiger charge is 2.54. The Morgan fingerprint density at radius 1 is 0.667 bits per heavy atom. The molecule has 2 aromatic rings. The maximum atomic E-state index is 13.4. The molecule has 0 aliphatic heterocycles. The molecule has 0 aromatic heterocycles. The SMILES string of the molecule is FC(F)(F)C(S)(c1ccccc1)c1ccccc1. The van der Waals surface area contributed by atoms with Crippen LogP contribution >= 0.6 is 12.6 Å². The molecule has 18 heavy (non-hydrogen) atoms. The van der Waals surface area contributed by atoms with Gasteiger partial charge in [-0.15, -0.1) is 0 Å². The molecule has 0 radical (unpaired) electrons. The summed E-state index contributed by atoms with van der Waals surface area (Å²) >= 11 is 3.95. The summed E-state index contributed by atoms with van der Waals surface area (Å²) in [5.41, 5.74) is 0.235. The van der Waals surface area contributed by atoms with Gasteiger partial charge in [0.1, 0.15) is 0 Å². The van der Waals surface area contributed by atoms with Gasteiger partial charge in [-0.05, 0) is 11.1 Å². The molecule has 0 spiro atoms. The van der Waals surface area contributed by atoms with Crippen molar-refractivity contribution < 1.29 is 13.2 Å². The van der Waals surface area contributed by atoms with Crippen molar-refractivity contribution >= 4 is 12.6 Å². The molecular formula is C14H11F3S. The highest BCUT2D eigenvalue weighted by Crippen LogP contribution is 2.49. The van der Waals surface area contributed by atoms with Gasteiger partial charge in [-0.25, -0.2) is 0 Å². The van der Waals surface area contributed by atoms with Gasteiger partial charge in [0.15, 0.2) is 4.75 Å². The Morgan fingerprint density at radius 2 is 1.00 bits per heavy atom. The van der Waals surface area contributed by atoms with Crippen molar-refractivity contribution in [3.05, 3.63) is 71.8 Å². The van der Waals surface area contributed by atoms with E-state index in [1.54, 1.807) is 36.4 Å². The Bertz CT molecular complexity index is 466. The van der Waals surface area contributed by atoms with Crippen LogP contribution in [0.3, 0.4) is 0 Å². The van der Waals surface area contributed by atoms with E-state index in [2.05, 4.69) is 12.6 Å². The predicted molar refractivity (Wildman–Crippen MR) is 68.7 cm³/mol. The number of rotatable bonds is 2. The zero-order valence-electron chi connectivity index (χ0n) is 9.35. The van der Waals surface area contributed by atoms with E-state index in [-0.39, 0.29) is 11.1 Å². The van der Waals surface area contributed by atoms with Crippen LogP contribution in [0, 0.1) is 0 Å². The van der Waals surface area contributed by atoms with E-state index < -0.39 is 10.9 Å². The number of benzene rings is 2. The summed E-state index contributed by atoms with van der Waals surface area (Å²) < 4.78 is 37.9. The number of halogens is 3. The van der Waals surface area contributed by atoms with E-state index in [0.29, 0.717) is 0 Å². The predicted octanol–water partition coefficient (Wildman–Crippen LogP) is 4.42. The molecule has 0 nitrogen and oxygen atoms in total. The summed E-state index contributed by atoms with van der Waals surface area (Å²) in [4.78, 5) is 0. The van der Waals surface area contributed by atoms with E-state index in [0.717, 1.165) is 0 Å². The zero-order valence-corrected chi connectivity index (χ0v) is 10.2. The average molecular weight is 268 g/mol. The lowest BCUT2D eigenvalue weighted by atomic mass is 9.89. The Morgan fingerprint density at radius 3 is 1.28 bits per heavy atom. The minimum absolute atomic E-state index is 0.118. The fourth-order valence-electron chi connectivity index (χ4n) is 1.85. The van der Waals surface area contributed by atoms with E-state index in [9.17, 15) is 13.2 Å². The van der Waals surface area contributed by atoms with E-state index in [1.807, 2.05) is 0 Å². The van der Waals surface area contributed by atoms with Gasteiger partial charge >= 0.3 is 6.18 Å². The molecule has 0 aliphatic carbocycles. The smallest absolute Gasteiger partial charge is 0.169 e. The lowest BCUT2D eigenvalue weighted by Crippen LogP contribution is -2.38. The van der Waals surface area contributed by atoms with Crippen molar-refractivity contribution in [3.8, 4) is 0 Å². The van der Waals surface area contributed by atoms with Crippen LogP contribution in [0.15, 0.2) is 60.7 Å². The topological polar surface area (TPSA) is 0 Å². The average Bonchev–Trinajstić information content (AvgIpc) is 2.38. The van der Waals surface area contributed by atoms with Crippen LogP contribution in [0.5, 0.6) is 0 Å². The fraction of sp³-hybridized carbons (Fsp3) is 0.143. The van der Waals surface area contributed by atoms with Crippen molar-refractivity contribution in [2.45, 2.75) is 10.9 Å². The monoisotopic (exact) mass is 268 g/mol. The lowest BCUT2D eigenvalue weighted by Gasteiger charge is -2.32. The largest absolute Gasteiger partial charge is 0.411 e. The molecule has 94 valence electrons. The van der Waals surface area contributed by atoms with Crippen molar-refractivity contribution in [2.24, 2.45) is 0 Å². The maximum Gasteiger partial charge on any atom is 0.411 e. The highest BCUT2D eigenvalue weighted by atomic mass is 32.1. The molecule has 0 bridgehead atoms. The van der Waals surface area contributed by atoms with Gasteiger partial charge in [-0.3, -0.25) is 0 Å². The molecule has 0 atom stereocenters. The summed E-state index contributed by atoms with van der Waals surface area (Å²) in [5.74, 6) is 0. The zero-order chi connectivity index (χ0) is 13.2. The molecule has 0 N–H and O–H groups in total. The van der Waals surface area contributed by atoms with Gasteiger partial charge in [-0.1, -0.05) is 60.7 Å². The lowest BCUT2D eigenvalue weighted by molar-refractivity contribution is -0.151. The van der Waals surface area contributed by atoms with Gasteiger partial charge in [0.25, 0.3) is 0 Å². The normalized spacial score (nSPS) is 12.4. The van der Waals surface area contributed by atoms with Crippen LogP contribution in [-0.4, -0.2) is 6.18 Å². The maximum absolute atomic E-state index is 13.4. The van der Waals surface area contributed by atoms with Crippen molar-refractivity contribution in [2.75, 3.05) is 0 Å². The molecule has 2 aromatic carbocycles. The first-order valence-electron chi connectivity index (χ1n) is 5.36. The standard InChI is InChI=1S/C14H11F3S/c15-14(16,17)13(18,11-7-3-1-4-8-11)12-9-5-2-6-10-12/h1-10,18H. The van der Waals surface area contributed by atoms with Crippen LogP contribution in [0.25, 0.3) is 0 Å². The Hall–Kier alpha value is -1.42. The van der Waals surface area contributed by atoms with Crippen LogP contribution in [0.2, 0.25) is 0 Å². The molecule has 0 aliphatic rings. The number of hydrogen-bond acceptors (Lipinski definition) is 1. The van der Waals surface area contributed by atoms with Crippen molar-refractivity contribution in [1.82, 2.24) is 0 Å². The molecule has 0 fully saturated rings. The third-order valence-electron chi connectivity index (χ3n) is 2.79. The quantitative estimate of drug-likeness (QED) is 0.766. The molecular weight excluding hydrogens is 257 g/mol. The molecule has 0 saturated carbocycles. The van der Waals surface area contributed by atoms with Crippen LogP contribution < -0.4 is 0 Å². The first-order valence-corrected chi connectivity index (χ1v) is 5.81. The van der Waals surface area contributed by atoms with Gasteiger partial charge in [0.05, 0.1) is 0 Å². The van der Waals surface area contributed by atoms with Crippen LogP contribution in [0.1, 0.15) is 11.1 Å². The molecule has 2 rings (SSSR count). The summed E-state index contributed by atoms with van der Waals surface area (Å²) in [5, 5.41) is 0. The summed E-state index contributed by atoms with van der Waals surface area (Å²) in [6.07, 6.45) is -4.47. The van der Waals surface area contributed by atoms with Crippen LogP contribution in [-0.2, 0) is 4.75 Å². The summed E-state index contributed by atoms with van der Waals surface area (Å²) in [7, 11) is 0. The molecule has 0 unspecified atom stereocenters. The third kappa shape index (κ3) is 2.12. The minimum atomic E-state index is -4.47. The minimum Gasteiger partial charge on any atom is -0.169 e. The number of hydrogen-bond donors (Lipinski definition) is 1. The van der Waals surface area contributed by atoms with E-state index >= 15 is 0 Å². The Kier molecular flexibility index (Phi) is 3.39. The van der Waals surface area contributed by atoms with E-state index in [4.69, 9.17) is 0 Å². The second-order valence-electron chi connectivity index (χ2n) is 3.94. The number of thiol groups is 1. The Labute approximate surface area is 109 Å². The van der Waals surface area contributed by atoms with Gasteiger partial charge < -0.3 is 0 Å². The fourth-order valence-corrected chi connectivity index (χ4v) is 2.15. The van der Waals surface area contributed by atoms with E-state index in [1.165, 1.54) is 24.3 Å². The first-order chi connectivity index (χ1) is 8.46. The first kappa shape index (κ1) is 13.0. The molecule has 0 amide bonds. The van der Waals surface area contributed by atoms with Crippen molar-refractivity contribution in [1.29, 1.82) is 0 Å². The summed E-state index contributed by atoms with van der Waals surface area (Å²) in [6.45, 7) is 0. The Balaban J connectivity index is 2.63. The second-order valence-corrected chi connectivity index (χ2v) is 4.61. The van der Waals surface area contributed by atoms with Gasteiger partial charge in [0, 0.05) is 0 Å². The van der Waals surface area contributed by atoms with Crippen molar-refractivity contribution in [3.63, 3.8) is 0 Å². The second kappa shape index (κ2) is 4.69. The van der Waals surface area contributed by atoms with Gasteiger partial charge in [-0.2, -0.15) is 25.8 Å². The summed E-state index contributed by atoms with van der Waals surface area (Å²) in [6, 6.07) is 15.4. The highest BCUT2D eigenvalue weighted by molar-refractivity contribution is 7.81. The van der Waals surface area contributed by atoms with Crippen LogP contribution in [0.4, 0.5) is 13.2 Å². The van der Waals surface area contributed by atoms with Gasteiger partial charge in [0.2, 0.25) is 0 Å². The molecule has 4 heteroatoms. The molecule has 0 heterocycles. The number of alkyl halides is 3.